The zero-order chi connectivity index (χ0) is 17.9. The van der Waals surface area contributed by atoms with Crippen molar-refractivity contribution in [1.82, 2.24) is 4.90 Å². The molecule has 0 amide bonds. The van der Waals surface area contributed by atoms with Crippen molar-refractivity contribution in [2.45, 2.75) is 45.3 Å². The molecule has 0 unspecified atom stereocenters. The fraction of sp³-hybridized carbons (Fsp3) is 0.714. The van der Waals surface area contributed by atoms with Gasteiger partial charge in [-0.25, -0.2) is 0 Å². The lowest BCUT2D eigenvalue weighted by Gasteiger charge is -2.27. The van der Waals surface area contributed by atoms with Crippen molar-refractivity contribution in [3.8, 4) is 0 Å². The highest BCUT2D eigenvalue weighted by atomic mass is 32.2. The molecule has 2 rings (SSSR count). The molecule has 1 N–H and O–H groups in total. The zero-order valence-electron chi connectivity index (χ0n) is 13.6. The maximum atomic E-state index is 11.5. The van der Waals surface area contributed by atoms with Crippen molar-refractivity contribution in [2.24, 2.45) is 0 Å². The largest absolute Gasteiger partial charge is 0.463 e. The molecule has 0 aromatic rings. The van der Waals surface area contributed by atoms with E-state index in [1.165, 1.54) is 32.5 Å². The van der Waals surface area contributed by atoms with E-state index in [0.717, 1.165) is 0 Å². The van der Waals surface area contributed by atoms with Crippen LogP contribution in [-0.2, 0) is 33.3 Å². The van der Waals surface area contributed by atoms with Crippen LogP contribution in [0.3, 0.4) is 0 Å². The van der Waals surface area contributed by atoms with Crippen LogP contribution < -0.4 is 0 Å². The number of carbonyl (C=O) groups excluding carboxylic acids is 3. The molecule has 0 spiro atoms. The highest BCUT2D eigenvalue weighted by Gasteiger charge is 2.52. The number of hydrogen-bond donors (Lipinski definition) is 1. The Morgan fingerprint density at radius 2 is 1.79 bits per heavy atom. The summed E-state index contributed by atoms with van der Waals surface area (Å²) in [6.45, 7) is 3.97. The average molecular weight is 360 g/mol. The molecule has 2 heterocycles. The van der Waals surface area contributed by atoms with Gasteiger partial charge in [0.05, 0.1) is 10.9 Å². The maximum absolute atomic E-state index is 11.5. The molecule has 2 aliphatic rings. The van der Waals surface area contributed by atoms with E-state index >= 15 is 0 Å². The second kappa shape index (κ2) is 7.95. The third-order valence-electron chi connectivity index (χ3n) is 3.45. The van der Waals surface area contributed by atoms with E-state index in [2.05, 4.69) is 0 Å². The fourth-order valence-corrected chi connectivity index (χ4v) is 3.40. The standard InChI is InChI=1S/C14H20N2O7S/c1-7(17)20-5-10-12(21-8(2)18)13(22-9(3)19)14(23-10)16-4-11(15)24-6-16/h10,12-15H,4-6H2,1-3H3/t10-,12-,13-,14-/m1/s1. The normalized spacial score (nSPS) is 30.2. The lowest BCUT2D eigenvalue weighted by atomic mass is 10.1. The topological polar surface area (TPSA) is 115 Å². The lowest BCUT2D eigenvalue weighted by molar-refractivity contribution is -0.167. The number of nitrogens with zero attached hydrogens (tertiary/aromatic N) is 1. The van der Waals surface area contributed by atoms with E-state index in [1.807, 2.05) is 4.90 Å². The van der Waals surface area contributed by atoms with Gasteiger partial charge in [-0.3, -0.25) is 24.7 Å². The van der Waals surface area contributed by atoms with E-state index in [1.54, 1.807) is 0 Å². The minimum Gasteiger partial charge on any atom is -0.463 e. The molecule has 0 aromatic carbocycles. The molecule has 24 heavy (non-hydrogen) atoms. The van der Waals surface area contributed by atoms with Gasteiger partial charge < -0.3 is 18.9 Å². The number of hydrogen-bond acceptors (Lipinski definition) is 10. The first-order valence-electron chi connectivity index (χ1n) is 7.35. The van der Waals surface area contributed by atoms with Gasteiger partial charge in [0.1, 0.15) is 12.7 Å². The first-order valence-corrected chi connectivity index (χ1v) is 8.34. The number of carbonyl (C=O) groups is 3. The van der Waals surface area contributed by atoms with Crippen molar-refractivity contribution < 1.29 is 33.3 Å². The van der Waals surface area contributed by atoms with Crippen LogP contribution in [0.4, 0.5) is 0 Å². The van der Waals surface area contributed by atoms with E-state index < -0.39 is 42.4 Å². The van der Waals surface area contributed by atoms with Gasteiger partial charge in [-0.1, -0.05) is 11.8 Å². The first kappa shape index (κ1) is 18.7. The Morgan fingerprint density at radius 3 is 2.29 bits per heavy atom. The van der Waals surface area contributed by atoms with Crippen molar-refractivity contribution in [3.63, 3.8) is 0 Å². The number of rotatable bonds is 5. The summed E-state index contributed by atoms with van der Waals surface area (Å²) in [5, 5.41) is 8.17. The van der Waals surface area contributed by atoms with Crippen LogP contribution in [-0.4, -0.2) is 71.4 Å². The van der Waals surface area contributed by atoms with Crippen molar-refractivity contribution in [3.05, 3.63) is 0 Å². The molecular formula is C14H20N2O7S. The summed E-state index contributed by atoms with van der Waals surface area (Å²) in [5.41, 5.74) is 0. The monoisotopic (exact) mass is 360 g/mol. The zero-order valence-corrected chi connectivity index (χ0v) is 14.5. The fourth-order valence-electron chi connectivity index (χ4n) is 2.59. The summed E-state index contributed by atoms with van der Waals surface area (Å²) in [6, 6.07) is 0. The predicted molar refractivity (Wildman–Crippen MR) is 83.3 cm³/mol. The third-order valence-corrected chi connectivity index (χ3v) is 4.39. The summed E-state index contributed by atoms with van der Waals surface area (Å²) in [5.74, 6) is -1.10. The molecule has 0 aromatic heterocycles. The van der Waals surface area contributed by atoms with Gasteiger partial charge in [0.25, 0.3) is 0 Å². The summed E-state index contributed by atoms with van der Waals surface area (Å²) in [4.78, 5) is 35.7. The molecule has 2 saturated heterocycles. The average Bonchev–Trinajstić information content (AvgIpc) is 3.01. The summed E-state index contributed by atoms with van der Waals surface area (Å²) >= 11 is 1.34. The Morgan fingerprint density at radius 1 is 1.17 bits per heavy atom. The van der Waals surface area contributed by atoms with E-state index in [9.17, 15) is 14.4 Å². The van der Waals surface area contributed by atoms with Gasteiger partial charge in [-0.15, -0.1) is 0 Å². The molecular weight excluding hydrogens is 340 g/mol. The quantitative estimate of drug-likeness (QED) is 0.539. The van der Waals surface area contributed by atoms with E-state index in [0.29, 0.717) is 17.5 Å². The summed E-state index contributed by atoms with van der Waals surface area (Å²) < 4.78 is 21.4. The van der Waals surface area contributed by atoms with Crippen LogP contribution in [0.1, 0.15) is 20.8 Å². The molecule has 4 atom stereocenters. The number of esters is 3. The minimum absolute atomic E-state index is 0.125. The highest BCUT2D eigenvalue weighted by Crippen LogP contribution is 2.32. The van der Waals surface area contributed by atoms with Gasteiger partial charge in [0.2, 0.25) is 0 Å². The maximum Gasteiger partial charge on any atom is 0.303 e. The Balaban J connectivity index is 2.20. The molecule has 2 fully saturated rings. The molecule has 134 valence electrons. The van der Waals surface area contributed by atoms with Gasteiger partial charge in [-0.05, 0) is 0 Å². The first-order chi connectivity index (χ1) is 11.3. The molecule has 0 aliphatic carbocycles. The number of ether oxygens (including phenoxy) is 4. The lowest BCUT2D eigenvalue weighted by Crippen LogP contribution is -2.46. The van der Waals surface area contributed by atoms with Crippen molar-refractivity contribution >= 4 is 34.7 Å². The Labute approximate surface area is 143 Å². The van der Waals surface area contributed by atoms with Gasteiger partial charge in [-0.2, -0.15) is 0 Å². The minimum atomic E-state index is -0.893. The second-order valence-corrected chi connectivity index (χ2v) is 6.50. The van der Waals surface area contributed by atoms with Crippen LogP contribution >= 0.6 is 11.8 Å². The molecule has 0 saturated carbocycles. The molecule has 10 heteroatoms. The van der Waals surface area contributed by atoms with Gasteiger partial charge in [0.15, 0.2) is 18.4 Å². The number of nitrogens with one attached hydrogen (secondary N) is 1. The van der Waals surface area contributed by atoms with Crippen LogP contribution in [0.15, 0.2) is 0 Å². The molecule has 9 nitrogen and oxygen atoms in total. The predicted octanol–water partition coefficient (Wildman–Crippen LogP) is 0.121. The van der Waals surface area contributed by atoms with Crippen LogP contribution in [0.25, 0.3) is 0 Å². The molecule has 2 aliphatic heterocycles. The van der Waals surface area contributed by atoms with Gasteiger partial charge in [0, 0.05) is 27.3 Å². The van der Waals surface area contributed by atoms with E-state index in [4.69, 9.17) is 24.4 Å². The summed E-state index contributed by atoms with van der Waals surface area (Å²) in [7, 11) is 0. The second-order valence-electron chi connectivity index (χ2n) is 5.46. The van der Waals surface area contributed by atoms with Crippen LogP contribution in [0, 0.1) is 5.41 Å². The van der Waals surface area contributed by atoms with Crippen molar-refractivity contribution in [1.29, 1.82) is 5.41 Å². The smallest absolute Gasteiger partial charge is 0.303 e. The SMILES string of the molecule is CC(=O)OC[C@H]1O[C@@H](N2CSC(=N)C2)[C@H](OC(C)=O)[C@@H]1OC(C)=O. The third kappa shape index (κ3) is 4.68. The van der Waals surface area contributed by atoms with Crippen LogP contribution in [0.5, 0.6) is 0 Å². The number of thioether (sulfide) groups is 1. The molecule has 0 radical (unpaired) electrons. The molecule has 0 bridgehead atoms. The van der Waals surface area contributed by atoms with E-state index in [-0.39, 0.29) is 6.61 Å². The van der Waals surface area contributed by atoms with Crippen molar-refractivity contribution in [2.75, 3.05) is 19.0 Å². The van der Waals surface area contributed by atoms with Gasteiger partial charge >= 0.3 is 17.9 Å². The Kier molecular flexibility index (Phi) is 6.19. The van der Waals surface area contributed by atoms with Crippen LogP contribution in [0.2, 0.25) is 0 Å². The Bertz CT molecular complexity index is 541. The summed E-state index contributed by atoms with van der Waals surface area (Å²) in [6.07, 6.45) is -3.20. The Hall–Kier alpha value is -1.65. The highest BCUT2D eigenvalue weighted by molar-refractivity contribution is 8.14.